The van der Waals surface area contributed by atoms with E-state index in [-0.39, 0.29) is 0 Å². The van der Waals surface area contributed by atoms with Crippen LogP contribution in [-0.4, -0.2) is 16.6 Å². The molecule has 4 nitrogen and oxygen atoms in total. The maximum Gasteiger partial charge on any atom is 0.216 e. The van der Waals surface area contributed by atoms with Crippen molar-refractivity contribution in [2.24, 2.45) is 0 Å². The number of hydrogen-bond acceptors (Lipinski definition) is 4. The van der Waals surface area contributed by atoms with Crippen molar-refractivity contribution in [3.63, 3.8) is 0 Å². The Bertz CT molecular complexity index is 329. The Balaban J connectivity index is 2.71. The average molecular weight is 209 g/mol. The number of rotatable bonds is 3. The second-order valence-corrected chi connectivity index (χ2v) is 3.25. The van der Waals surface area contributed by atoms with Crippen LogP contribution >= 0.6 is 0 Å². The highest BCUT2D eigenvalue weighted by atomic mass is 16.6. The molecule has 1 aliphatic rings. The van der Waals surface area contributed by atoms with E-state index in [9.17, 15) is 0 Å². The average Bonchev–Trinajstić information content (AvgIpc) is 2.18. The molecule has 0 spiro atoms. The second-order valence-electron chi connectivity index (χ2n) is 3.25. The molecule has 0 bridgehead atoms. The summed E-state index contributed by atoms with van der Waals surface area (Å²) in [5, 5.41) is 17.9. The summed E-state index contributed by atoms with van der Waals surface area (Å²) in [4.78, 5) is 0. The molecule has 3 N–H and O–H groups in total. The summed E-state index contributed by atoms with van der Waals surface area (Å²) in [6.07, 6.45) is 6.46. The van der Waals surface area contributed by atoms with E-state index >= 15 is 0 Å². The number of ether oxygens (including phenoxy) is 1. The fourth-order valence-electron chi connectivity index (χ4n) is 1.10. The number of hydrogen-bond donors (Lipinski definition) is 3. The van der Waals surface area contributed by atoms with Gasteiger partial charge in [-0.15, -0.1) is 0 Å². The van der Waals surface area contributed by atoms with Gasteiger partial charge in [-0.3, -0.25) is 10.7 Å². The van der Waals surface area contributed by atoms with Crippen LogP contribution in [0.15, 0.2) is 47.9 Å². The number of aliphatic hydroxyl groups excluding tert-OH is 1. The SMILES string of the molecule is C=C(C)/C(=C\C=C1/CC=CC(O)O1)NO. The first-order valence-electron chi connectivity index (χ1n) is 4.61. The lowest BCUT2D eigenvalue weighted by Crippen LogP contribution is -2.12. The van der Waals surface area contributed by atoms with Crippen LogP contribution in [0, 0.1) is 0 Å². The maximum absolute atomic E-state index is 9.16. The largest absolute Gasteiger partial charge is 0.465 e. The molecule has 0 aromatic rings. The van der Waals surface area contributed by atoms with Crippen molar-refractivity contribution in [2.45, 2.75) is 19.6 Å². The predicted octanol–water partition coefficient (Wildman–Crippen LogP) is 1.60. The Morgan fingerprint density at radius 1 is 1.73 bits per heavy atom. The summed E-state index contributed by atoms with van der Waals surface area (Å²) < 4.78 is 5.11. The molecule has 0 saturated carbocycles. The van der Waals surface area contributed by atoms with Crippen molar-refractivity contribution in [2.75, 3.05) is 0 Å². The molecule has 82 valence electrons. The van der Waals surface area contributed by atoms with Crippen LogP contribution in [0.4, 0.5) is 0 Å². The zero-order valence-electron chi connectivity index (χ0n) is 8.60. The van der Waals surface area contributed by atoms with Crippen molar-refractivity contribution < 1.29 is 15.1 Å². The Morgan fingerprint density at radius 3 is 3.00 bits per heavy atom. The first-order valence-corrected chi connectivity index (χ1v) is 4.61. The number of hydroxylamine groups is 1. The summed E-state index contributed by atoms with van der Waals surface area (Å²) in [7, 11) is 0. The van der Waals surface area contributed by atoms with Gasteiger partial charge in [-0.05, 0) is 30.7 Å². The monoisotopic (exact) mass is 209 g/mol. The van der Waals surface area contributed by atoms with Gasteiger partial charge < -0.3 is 9.84 Å². The van der Waals surface area contributed by atoms with Gasteiger partial charge >= 0.3 is 0 Å². The van der Waals surface area contributed by atoms with Gasteiger partial charge in [0.25, 0.3) is 0 Å². The van der Waals surface area contributed by atoms with Crippen molar-refractivity contribution in [3.8, 4) is 0 Å². The minimum atomic E-state index is -0.881. The second kappa shape index (κ2) is 5.38. The van der Waals surface area contributed by atoms with E-state index in [1.807, 2.05) is 11.6 Å². The molecule has 1 aliphatic heterocycles. The summed E-state index contributed by atoms with van der Waals surface area (Å²) in [5.41, 5.74) is 3.25. The molecule has 0 fully saturated rings. The van der Waals surface area contributed by atoms with Crippen molar-refractivity contribution >= 4 is 0 Å². The van der Waals surface area contributed by atoms with Crippen LogP contribution in [0.2, 0.25) is 0 Å². The molecular formula is C11H15NO3. The molecule has 1 heterocycles. The minimum Gasteiger partial charge on any atom is -0.465 e. The van der Waals surface area contributed by atoms with Crippen LogP contribution in [-0.2, 0) is 4.74 Å². The van der Waals surface area contributed by atoms with Crippen LogP contribution in [0.25, 0.3) is 0 Å². The fourth-order valence-corrected chi connectivity index (χ4v) is 1.10. The van der Waals surface area contributed by atoms with E-state index in [4.69, 9.17) is 15.1 Å². The maximum atomic E-state index is 9.16. The highest BCUT2D eigenvalue weighted by molar-refractivity contribution is 5.28. The molecule has 0 saturated heterocycles. The molecule has 4 heteroatoms. The molecule has 1 atom stereocenters. The van der Waals surface area contributed by atoms with Crippen molar-refractivity contribution in [1.82, 2.24) is 5.48 Å². The summed E-state index contributed by atoms with van der Waals surface area (Å²) in [5.74, 6) is 0.638. The molecule has 0 aromatic carbocycles. The molecule has 0 aliphatic carbocycles. The third-order valence-corrected chi connectivity index (χ3v) is 1.91. The van der Waals surface area contributed by atoms with E-state index in [0.717, 1.165) is 0 Å². The Hall–Kier alpha value is -1.52. The number of aliphatic hydroxyl groups is 1. The fraction of sp³-hybridized carbons (Fsp3) is 0.273. The predicted molar refractivity (Wildman–Crippen MR) is 56.8 cm³/mol. The van der Waals surface area contributed by atoms with E-state index in [1.54, 1.807) is 25.2 Å². The third-order valence-electron chi connectivity index (χ3n) is 1.91. The Kier molecular flexibility index (Phi) is 4.15. The van der Waals surface area contributed by atoms with Crippen molar-refractivity contribution in [3.05, 3.63) is 47.9 Å². The van der Waals surface area contributed by atoms with E-state index < -0.39 is 6.29 Å². The van der Waals surface area contributed by atoms with Gasteiger partial charge in [-0.1, -0.05) is 12.7 Å². The van der Waals surface area contributed by atoms with Crippen LogP contribution in [0.3, 0.4) is 0 Å². The lowest BCUT2D eigenvalue weighted by molar-refractivity contribution is -0.0332. The molecule has 0 radical (unpaired) electrons. The zero-order valence-corrected chi connectivity index (χ0v) is 8.60. The molecule has 0 amide bonds. The standard InChI is InChI=1S/C11H15NO3/c1-8(2)10(12-14)7-6-9-4-3-5-11(13)15-9/h3,5-7,11-14H,1,4H2,2H3/b9-6+,10-7+. The zero-order chi connectivity index (χ0) is 11.3. The summed E-state index contributed by atoms with van der Waals surface area (Å²) in [6, 6.07) is 0. The highest BCUT2D eigenvalue weighted by Crippen LogP contribution is 2.15. The minimum absolute atomic E-state index is 0.509. The quantitative estimate of drug-likeness (QED) is 0.375. The topological polar surface area (TPSA) is 61.7 Å². The smallest absolute Gasteiger partial charge is 0.216 e. The van der Waals surface area contributed by atoms with E-state index in [1.165, 1.54) is 0 Å². The number of nitrogens with one attached hydrogen (secondary N) is 1. The third kappa shape index (κ3) is 3.61. The first kappa shape index (κ1) is 11.6. The highest BCUT2D eigenvalue weighted by Gasteiger charge is 2.07. The van der Waals surface area contributed by atoms with Crippen LogP contribution < -0.4 is 5.48 Å². The van der Waals surface area contributed by atoms with Gasteiger partial charge in [-0.25, -0.2) is 0 Å². The Morgan fingerprint density at radius 2 is 2.47 bits per heavy atom. The van der Waals surface area contributed by atoms with Crippen molar-refractivity contribution in [1.29, 1.82) is 0 Å². The summed E-state index contributed by atoms with van der Waals surface area (Å²) in [6.45, 7) is 5.45. The van der Waals surface area contributed by atoms with Gasteiger partial charge in [0, 0.05) is 6.42 Å². The van der Waals surface area contributed by atoms with Gasteiger partial charge in [0.15, 0.2) is 0 Å². The van der Waals surface area contributed by atoms with Gasteiger partial charge in [0.2, 0.25) is 6.29 Å². The Labute approximate surface area is 88.8 Å². The van der Waals surface area contributed by atoms with Gasteiger partial charge in [-0.2, -0.15) is 0 Å². The normalized spacial score (nSPS) is 23.8. The lowest BCUT2D eigenvalue weighted by atomic mass is 10.2. The van der Waals surface area contributed by atoms with Gasteiger partial charge in [0.1, 0.15) is 5.76 Å². The molecule has 0 aromatic heterocycles. The summed E-state index contributed by atoms with van der Waals surface area (Å²) >= 11 is 0. The van der Waals surface area contributed by atoms with E-state index in [0.29, 0.717) is 23.5 Å². The first-order chi connectivity index (χ1) is 7.13. The van der Waals surface area contributed by atoms with Crippen LogP contribution in [0.1, 0.15) is 13.3 Å². The lowest BCUT2D eigenvalue weighted by Gasteiger charge is -2.16. The molecule has 1 unspecified atom stereocenters. The van der Waals surface area contributed by atoms with E-state index in [2.05, 4.69) is 6.58 Å². The molecule has 1 rings (SSSR count). The molecular weight excluding hydrogens is 194 g/mol. The number of allylic oxidation sites excluding steroid dienone is 4. The molecule has 15 heavy (non-hydrogen) atoms. The van der Waals surface area contributed by atoms with Gasteiger partial charge in [0.05, 0.1) is 5.70 Å². The van der Waals surface area contributed by atoms with Crippen LogP contribution in [0.5, 0.6) is 0 Å².